The molecule has 0 saturated carbocycles. The van der Waals surface area contributed by atoms with Crippen molar-refractivity contribution in [1.82, 2.24) is 8.43 Å². The summed E-state index contributed by atoms with van der Waals surface area (Å²) in [5, 5.41) is 3.30. The highest BCUT2D eigenvalue weighted by molar-refractivity contribution is 14.2. The van der Waals surface area contributed by atoms with Crippen LogP contribution >= 0.6 is 21.0 Å². The van der Waals surface area contributed by atoms with Gasteiger partial charge in [0.15, 0.2) is 0 Å². The molecule has 2 nitrogen and oxygen atoms in total. The van der Waals surface area contributed by atoms with Crippen LogP contribution in [-0.4, -0.2) is 33.8 Å². The second kappa shape index (κ2) is 3.53. The summed E-state index contributed by atoms with van der Waals surface area (Å²) >= 11 is 0.130. The van der Waals surface area contributed by atoms with Crippen molar-refractivity contribution in [3.05, 3.63) is 0 Å². The molecular weight excluding hydrogens is 215 g/mol. The van der Waals surface area contributed by atoms with Gasteiger partial charge in [-0.05, 0) is 21.0 Å². The Morgan fingerprint density at radius 1 is 1.38 bits per heavy atom. The Morgan fingerprint density at radius 3 is 2.38 bits per heavy atom. The molecule has 1 aliphatic heterocycles. The number of piperazine rings is 1. The lowest BCUT2D eigenvalue weighted by molar-refractivity contribution is 0.423. The van der Waals surface area contributed by atoms with E-state index < -0.39 is 0 Å². The largest absolute Gasteiger partial charge is 0.314 e. The van der Waals surface area contributed by atoms with E-state index in [-0.39, 0.29) is 21.0 Å². The maximum absolute atomic E-state index is 3.92. The van der Waals surface area contributed by atoms with E-state index in [1.54, 1.807) is 0 Å². The maximum atomic E-state index is 3.92. The molecule has 0 atom stereocenters. The first-order valence-corrected chi connectivity index (χ1v) is 5.27. The molecule has 1 aliphatic rings. The second-order valence-electron chi connectivity index (χ2n) is 1.78. The molecule has 0 amide bonds. The van der Waals surface area contributed by atoms with Crippen molar-refractivity contribution in [2.75, 3.05) is 26.2 Å². The fourth-order valence-corrected chi connectivity index (χ4v) is 1.92. The van der Waals surface area contributed by atoms with Gasteiger partial charge < -0.3 is 5.32 Å². The smallest absolute Gasteiger partial charge is 0.0203 e. The van der Waals surface area contributed by atoms with E-state index in [9.17, 15) is 0 Å². The van der Waals surface area contributed by atoms with E-state index in [0.717, 1.165) is 13.1 Å². The molecule has 0 spiro atoms. The van der Waals surface area contributed by atoms with E-state index in [1.807, 2.05) is 0 Å². The number of hydrogen-bond donors (Lipinski definition) is 1. The average molecular weight is 226 g/mol. The molecule has 48 valence electrons. The molecule has 0 aromatic heterocycles. The highest BCUT2D eigenvalue weighted by Crippen LogP contribution is 2.03. The van der Waals surface area contributed by atoms with Crippen LogP contribution in [-0.2, 0) is 0 Å². The van der Waals surface area contributed by atoms with Gasteiger partial charge in [-0.25, -0.2) is 0 Å². The van der Waals surface area contributed by atoms with Crippen LogP contribution in [0.4, 0.5) is 0 Å². The van der Waals surface area contributed by atoms with Crippen LogP contribution in [0.15, 0.2) is 0 Å². The molecule has 0 unspecified atom stereocenters. The minimum atomic E-state index is 0.130. The fourth-order valence-electron chi connectivity index (χ4n) is 0.757. The molecule has 1 saturated heterocycles. The maximum Gasteiger partial charge on any atom is 0.0203 e. The van der Waals surface area contributed by atoms with Crippen molar-refractivity contribution < 1.29 is 0 Å². The van der Waals surface area contributed by atoms with Crippen LogP contribution < -0.4 is 5.32 Å². The summed E-state index contributed by atoms with van der Waals surface area (Å²) < 4.78 is 6.37. The van der Waals surface area contributed by atoms with Gasteiger partial charge in [-0.1, -0.05) is 4.51 Å². The zero-order chi connectivity index (χ0) is 5.82. The van der Waals surface area contributed by atoms with Gasteiger partial charge in [0.25, 0.3) is 0 Å². The first kappa shape index (κ1) is 6.64. The molecule has 0 aliphatic carbocycles. The molecule has 0 aromatic carbocycles. The van der Waals surface area contributed by atoms with Gasteiger partial charge in [0.05, 0.1) is 0 Å². The quantitative estimate of drug-likeness (QED) is 0.508. The molecule has 1 rings (SSSR count). The van der Waals surface area contributed by atoms with Gasteiger partial charge in [0, 0.05) is 26.2 Å². The summed E-state index contributed by atoms with van der Waals surface area (Å²) in [5.74, 6) is 0. The number of halogens is 1. The molecule has 1 N–H and O–H groups in total. The SMILES string of the molecule is C=IN1CCNCC1. The number of nitrogens with zero attached hydrogens (tertiary/aromatic N) is 1. The average Bonchev–Trinajstić information content (AvgIpc) is 1.90. The summed E-state index contributed by atoms with van der Waals surface area (Å²) in [6, 6.07) is 0. The third-order valence-electron chi connectivity index (χ3n) is 1.23. The summed E-state index contributed by atoms with van der Waals surface area (Å²) in [5.41, 5.74) is 0. The molecule has 1 fully saturated rings. The molecular formula is C5H11IN2. The van der Waals surface area contributed by atoms with Gasteiger partial charge >= 0.3 is 0 Å². The van der Waals surface area contributed by atoms with Crippen LogP contribution in [0.25, 0.3) is 0 Å². The summed E-state index contributed by atoms with van der Waals surface area (Å²) in [4.78, 5) is 0. The Morgan fingerprint density at radius 2 is 2.00 bits per heavy atom. The molecule has 0 aromatic rings. The predicted octanol–water partition coefficient (Wildman–Crippen LogP) is 0.209. The third kappa shape index (κ3) is 1.80. The zero-order valence-corrected chi connectivity index (χ0v) is 7.02. The topological polar surface area (TPSA) is 15.3 Å². The molecule has 0 radical (unpaired) electrons. The van der Waals surface area contributed by atoms with Crippen molar-refractivity contribution in [2.24, 2.45) is 0 Å². The van der Waals surface area contributed by atoms with Crippen LogP contribution in [0.2, 0.25) is 0 Å². The highest BCUT2D eigenvalue weighted by Gasteiger charge is 2.03. The molecule has 8 heavy (non-hydrogen) atoms. The van der Waals surface area contributed by atoms with Crippen LogP contribution in [0.5, 0.6) is 0 Å². The summed E-state index contributed by atoms with van der Waals surface area (Å²) in [6.45, 7) is 4.76. The minimum absolute atomic E-state index is 0.130. The van der Waals surface area contributed by atoms with Gasteiger partial charge in [0.2, 0.25) is 0 Å². The van der Waals surface area contributed by atoms with Crippen LogP contribution in [0.3, 0.4) is 0 Å². The monoisotopic (exact) mass is 226 g/mol. The first-order valence-electron chi connectivity index (χ1n) is 2.78. The first-order chi connectivity index (χ1) is 3.93. The Bertz CT molecular complexity index is 78.5. The van der Waals surface area contributed by atoms with E-state index in [2.05, 4.69) is 12.9 Å². The number of hydrogen-bond acceptors (Lipinski definition) is 2. The summed E-state index contributed by atoms with van der Waals surface area (Å²) in [6.07, 6.45) is 0. The number of nitrogens with one attached hydrogen (secondary N) is 1. The van der Waals surface area contributed by atoms with Crippen LogP contribution in [0, 0.1) is 0 Å². The number of rotatable bonds is 1. The molecule has 0 bridgehead atoms. The normalized spacial score (nSPS) is 23.5. The van der Waals surface area contributed by atoms with Gasteiger partial charge in [-0.3, -0.25) is 3.11 Å². The highest BCUT2D eigenvalue weighted by atomic mass is 127. The predicted molar refractivity (Wildman–Crippen MR) is 45.6 cm³/mol. The van der Waals surface area contributed by atoms with Gasteiger partial charge in [0.1, 0.15) is 0 Å². The lowest BCUT2D eigenvalue weighted by Crippen LogP contribution is -2.38. The van der Waals surface area contributed by atoms with E-state index >= 15 is 0 Å². The molecule has 3 heteroatoms. The third-order valence-corrected chi connectivity index (χ3v) is 3.16. The van der Waals surface area contributed by atoms with Crippen molar-refractivity contribution in [2.45, 2.75) is 0 Å². The lowest BCUT2D eigenvalue weighted by atomic mass is 10.4. The van der Waals surface area contributed by atoms with Crippen molar-refractivity contribution in [1.29, 1.82) is 0 Å². The summed E-state index contributed by atoms with van der Waals surface area (Å²) in [7, 11) is 0. The second-order valence-corrected chi connectivity index (χ2v) is 3.83. The lowest BCUT2D eigenvalue weighted by Gasteiger charge is -2.21. The van der Waals surface area contributed by atoms with Crippen molar-refractivity contribution in [3.63, 3.8) is 0 Å². The molecule has 1 heterocycles. The Balaban J connectivity index is 2.22. The van der Waals surface area contributed by atoms with Crippen molar-refractivity contribution in [3.8, 4) is 0 Å². The fraction of sp³-hybridized carbons (Fsp3) is 0.800. The Hall–Kier alpha value is 0.520. The zero-order valence-electron chi connectivity index (χ0n) is 4.86. The minimum Gasteiger partial charge on any atom is -0.314 e. The van der Waals surface area contributed by atoms with E-state index in [0.29, 0.717) is 0 Å². The van der Waals surface area contributed by atoms with Gasteiger partial charge in [-0.15, -0.1) is 0 Å². The Labute approximate surface area is 60.4 Å². The van der Waals surface area contributed by atoms with E-state index in [4.69, 9.17) is 0 Å². The van der Waals surface area contributed by atoms with Crippen molar-refractivity contribution >= 4 is 25.5 Å². The van der Waals surface area contributed by atoms with E-state index in [1.165, 1.54) is 13.1 Å². The van der Waals surface area contributed by atoms with Gasteiger partial charge in [-0.2, -0.15) is 0 Å². The standard InChI is InChI=1S/C5H11IN2/c1-6-8-4-2-7-3-5-8/h7H,1-5H2. The van der Waals surface area contributed by atoms with Crippen LogP contribution in [0.1, 0.15) is 0 Å². The Kier molecular flexibility index (Phi) is 2.93.